The number of hydrogen-bond donors (Lipinski definition) is 3. The third kappa shape index (κ3) is 4.15. The van der Waals surface area contributed by atoms with Gasteiger partial charge in [0.15, 0.2) is 0 Å². The number of rotatable bonds is 6. The number of nitrogens with one attached hydrogen (secondary N) is 2. The molecule has 4 N–H and O–H groups in total. The third-order valence-electron chi connectivity index (χ3n) is 3.66. The molecule has 1 unspecified atom stereocenters. The number of carbonyl (C=O) groups excluding carboxylic acids is 1. The molecule has 0 aliphatic rings. The van der Waals surface area contributed by atoms with Crippen LogP contribution in [0.5, 0.6) is 5.75 Å². The second kappa shape index (κ2) is 7.92. The average molecular weight is 369 g/mol. The minimum absolute atomic E-state index is 0.200. The minimum Gasteiger partial charge on any atom is -0.495 e. The molecule has 8 heteroatoms. The molecular weight excluding hydrogens is 350 g/mol. The Morgan fingerprint density at radius 3 is 2.69 bits per heavy atom. The number of nitrogens with two attached hydrogens (primary N) is 1. The van der Waals surface area contributed by atoms with Gasteiger partial charge >= 0.3 is 0 Å². The molecule has 1 aromatic heterocycles. The number of anilines is 2. The summed E-state index contributed by atoms with van der Waals surface area (Å²) in [6.07, 6.45) is 0. The highest BCUT2D eigenvalue weighted by Crippen LogP contribution is 2.35. The molecule has 0 aliphatic carbocycles. The van der Waals surface area contributed by atoms with Crippen molar-refractivity contribution in [3.8, 4) is 5.75 Å². The zero-order valence-corrected chi connectivity index (χ0v) is 15.2. The van der Waals surface area contributed by atoms with E-state index in [0.717, 1.165) is 11.1 Å². The summed E-state index contributed by atoms with van der Waals surface area (Å²) < 4.78 is 5.34. The lowest BCUT2D eigenvalue weighted by Gasteiger charge is -2.17. The van der Waals surface area contributed by atoms with E-state index in [-0.39, 0.29) is 11.9 Å². The molecule has 1 atom stereocenters. The van der Waals surface area contributed by atoms with E-state index < -0.39 is 5.25 Å². The van der Waals surface area contributed by atoms with Crippen LogP contribution in [-0.4, -0.2) is 28.2 Å². The van der Waals surface area contributed by atoms with Crippen LogP contribution in [0.25, 0.3) is 0 Å². The molecule has 3 rings (SSSR count). The lowest BCUT2D eigenvalue weighted by molar-refractivity contribution is -0.115. The number of aromatic nitrogens is 3. The number of amides is 1. The average Bonchev–Trinajstić information content (AvgIpc) is 3.05. The SMILES string of the molecule is COc1ccc(C)cc1NC(=O)C(Sc1n[nH]c(N)n1)c1ccccc1. The second-order valence-corrected chi connectivity index (χ2v) is 6.68. The van der Waals surface area contributed by atoms with Gasteiger partial charge < -0.3 is 15.8 Å². The number of H-pyrrole nitrogens is 1. The van der Waals surface area contributed by atoms with Gasteiger partial charge in [-0.1, -0.05) is 48.2 Å². The highest BCUT2D eigenvalue weighted by Gasteiger charge is 2.25. The Labute approximate surface area is 155 Å². The first-order valence-electron chi connectivity index (χ1n) is 7.92. The number of nitrogens with zero attached hydrogens (tertiary/aromatic N) is 2. The molecule has 0 spiro atoms. The standard InChI is InChI=1S/C18H19N5O2S/c1-11-8-9-14(25-2)13(10-11)20-16(24)15(12-6-4-3-5-7-12)26-18-21-17(19)22-23-18/h3-10,15H,1-2H3,(H,20,24)(H3,19,21,22,23). The predicted octanol–water partition coefficient (Wildman–Crippen LogP) is 3.18. The number of carbonyl (C=O) groups is 1. The highest BCUT2D eigenvalue weighted by atomic mass is 32.2. The van der Waals surface area contributed by atoms with E-state index in [1.165, 1.54) is 11.8 Å². The van der Waals surface area contributed by atoms with E-state index >= 15 is 0 Å². The van der Waals surface area contributed by atoms with Crippen molar-refractivity contribution in [3.05, 3.63) is 59.7 Å². The number of aromatic amines is 1. The smallest absolute Gasteiger partial charge is 0.242 e. The van der Waals surface area contributed by atoms with Gasteiger partial charge in [0.05, 0.1) is 12.8 Å². The maximum absolute atomic E-state index is 13.0. The normalized spacial score (nSPS) is 11.8. The molecule has 0 radical (unpaired) electrons. The number of aryl methyl sites for hydroxylation is 1. The number of thioether (sulfide) groups is 1. The fourth-order valence-electron chi connectivity index (χ4n) is 2.43. The molecule has 1 amide bonds. The molecule has 0 bridgehead atoms. The van der Waals surface area contributed by atoms with Crippen molar-refractivity contribution in [1.29, 1.82) is 0 Å². The fraction of sp³-hybridized carbons (Fsp3) is 0.167. The third-order valence-corrected chi connectivity index (χ3v) is 4.77. The summed E-state index contributed by atoms with van der Waals surface area (Å²) in [6, 6.07) is 15.1. The monoisotopic (exact) mass is 369 g/mol. The maximum Gasteiger partial charge on any atom is 0.242 e. The first kappa shape index (κ1) is 17.8. The van der Waals surface area contributed by atoms with Gasteiger partial charge in [0, 0.05) is 0 Å². The Bertz CT molecular complexity index is 898. The molecular formula is C18H19N5O2S. The Balaban J connectivity index is 1.89. The van der Waals surface area contributed by atoms with Crippen LogP contribution in [-0.2, 0) is 4.79 Å². The lowest BCUT2D eigenvalue weighted by atomic mass is 10.1. The molecule has 0 saturated carbocycles. The summed E-state index contributed by atoms with van der Waals surface area (Å²) in [5, 5.41) is 9.41. The van der Waals surface area contributed by atoms with Crippen LogP contribution in [0.1, 0.15) is 16.4 Å². The largest absolute Gasteiger partial charge is 0.495 e. The quantitative estimate of drug-likeness (QED) is 0.576. The van der Waals surface area contributed by atoms with Crippen molar-refractivity contribution in [3.63, 3.8) is 0 Å². The van der Waals surface area contributed by atoms with Crippen LogP contribution in [0, 0.1) is 6.92 Å². The van der Waals surface area contributed by atoms with Crippen LogP contribution < -0.4 is 15.8 Å². The summed E-state index contributed by atoms with van der Waals surface area (Å²) in [4.78, 5) is 17.1. The molecule has 134 valence electrons. The summed E-state index contributed by atoms with van der Waals surface area (Å²) in [5.41, 5.74) is 8.06. The van der Waals surface area contributed by atoms with Crippen LogP contribution in [0.4, 0.5) is 11.6 Å². The highest BCUT2D eigenvalue weighted by molar-refractivity contribution is 8.00. The van der Waals surface area contributed by atoms with E-state index in [0.29, 0.717) is 16.6 Å². The van der Waals surface area contributed by atoms with Gasteiger partial charge in [0.2, 0.25) is 17.0 Å². The minimum atomic E-state index is -0.545. The summed E-state index contributed by atoms with van der Waals surface area (Å²) >= 11 is 1.22. The Hall–Kier alpha value is -3.00. The van der Waals surface area contributed by atoms with Crippen LogP contribution >= 0.6 is 11.8 Å². The van der Waals surface area contributed by atoms with Crippen LogP contribution in [0.3, 0.4) is 0 Å². The molecule has 26 heavy (non-hydrogen) atoms. The Kier molecular flexibility index (Phi) is 5.43. The molecule has 0 aliphatic heterocycles. The molecule has 0 fully saturated rings. The molecule has 2 aromatic carbocycles. The van der Waals surface area contributed by atoms with Crippen molar-refractivity contribution in [2.75, 3.05) is 18.2 Å². The van der Waals surface area contributed by atoms with Crippen molar-refractivity contribution in [2.24, 2.45) is 0 Å². The second-order valence-electron chi connectivity index (χ2n) is 5.60. The zero-order chi connectivity index (χ0) is 18.5. The molecule has 7 nitrogen and oxygen atoms in total. The molecule has 0 saturated heterocycles. The summed E-state index contributed by atoms with van der Waals surface area (Å²) in [6.45, 7) is 1.95. The van der Waals surface area contributed by atoms with Crippen LogP contribution in [0.2, 0.25) is 0 Å². The van der Waals surface area contributed by atoms with Gasteiger partial charge in [-0.2, -0.15) is 4.98 Å². The zero-order valence-electron chi connectivity index (χ0n) is 14.4. The van der Waals surface area contributed by atoms with Crippen molar-refractivity contribution in [1.82, 2.24) is 15.2 Å². The van der Waals surface area contributed by atoms with Gasteiger partial charge in [-0.15, -0.1) is 5.10 Å². The van der Waals surface area contributed by atoms with Gasteiger partial charge in [0.1, 0.15) is 11.0 Å². The first-order valence-corrected chi connectivity index (χ1v) is 8.80. The fourth-order valence-corrected chi connectivity index (χ4v) is 3.35. The topological polar surface area (TPSA) is 106 Å². The number of benzene rings is 2. The Morgan fingerprint density at radius 1 is 1.27 bits per heavy atom. The van der Waals surface area contributed by atoms with E-state index in [4.69, 9.17) is 10.5 Å². The first-order chi connectivity index (χ1) is 12.6. The maximum atomic E-state index is 13.0. The predicted molar refractivity (Wildman–Crippen MR) is 102 cm³/mol. The van der Waals surface area contributed by atoms with Crippen LogP contribution in [0.15, 0.2) is 53.7 Å². The van der Waals surface area contributed by atoms with E-state index in [2.05, 4.69) is 20.5 Å². The van der Waals surface area contributed by atoms with Gasteiger partial charge in [0.25, 0.3) is 0 Å². The molecule has 3 aromatic rings. The molecule has 1 heterocycles. The summed E-state index contributed by atoms with van der Waals surface area (Å²) in [7, 11) is 1.57. The van der Waals surface area contributed by atoms with Gasteiger partial charge in [-0.3, -0.25) is 4.79 Å². The van der Waals surface area contributed by atoms with Crippen molar-refractivity contribution in [2.45, 2.75) is 17.3 Å². The number of nitrogen functional groups attached to an aromatic ring is 1. The van der Waals surface area contributed by atoms with E-state index in [1.807, 2.05) is 55.5 Å². The summed E-state index contributed by atoms with van der Waals surface area (Å²) in [5.74, 6) is 0.608. The number of hydrogen-bond acceptors (Lipinski definition) is 6. The van der Waals surface area contributed by atoms with E-state index in [1.54, 1.807) is 7.11 Å². The van der Waals surface area contributed by atoms with Crippen molar-refractivity contribution < 1.29 is 9.53 Å². The Morgan fingerprint density at radius 2 is 2.04 bits per heavy atom. The number of ether oxygens (including phenoxy) is 1. The van der Waals surface area contributed by atoms with Crippen molar-refractivity contribution >= 4 is 29.3 Å². The van der Waals surface area contributed by atoms with E-state index in [9.17, 15) is 4.79 Å². The lowest BCUT2D eigenvalue weighted by Crippen LogP contribution is -2.19. The van der Waals surface area contributed by atoms with Gasteiger partial charge in [-0.25, -0.2) is 5.10 Å². The van der Waals surface area contributed by atoms with Gasteiger partial charge in [-0.05, 0) is 30.2 Å². The number of methoxy groups -OCH3 is 1.